The Balaban J connectivity index is 1.43. The van der Waals surface area contributed by atoms with E-state index in [2.05, 4.69) is 34.9 Å². The monoisotopic (exact) mass is 317 g/mol. The zero-order valence-corrected chi connectivity index (χ0v) is 13.9. The summed E-state index contributed by atoms with van der Waals surface area (Å²) in [7, 11) is 0. The Hall–Kier alpha value is -1.17. The topological polar surface area (TPSA) is 28.6 Å². The molecule has 0 radical (unpaired) electrons. The molecule has 118 valence electrons. The lowest BCUT2D eigenvalue weighted by Crippen LogP contribution is -2.49. The molecule has 4 rings (SSSR count). The summed E-state index contributed by atoms with van der Waals surface area (Å²) in [5.41, 5.74) is 2.45. The first kappa shape index (κ1) is 14.4. The molecule has 2 fully saturated rings. The number of piperidine rings is 1. The van der Waals surface area contributed by atoms with Crippen LogP contribution >= 0.6 is 11.3 Å². The number of aryl methyl sites for hydroxylation is 1. The van der Waals surface area contributed by atoms with Gasteiger partial charge in [0.2, 0.25) is 0 Å². The number of thiazole rings is 1. The van der Waals surface area contributed by atoms with E-state index in [0.717, 1.165) is 51.0 Å². The Morgan fingerprint density at radius 2 is 1.91 bits per heavy atom. The summed E-state index contributed by atoms with van der Waals surface area (Å²) in [6, 6.07) is 7.27. The fourth-order valence-corrected chi connectivity index (χ4v) is 4.64. The van der Waals surface area contributed by atoms with E-state index in [4.69, 9.17) is 9.72 Å². The zero-order chi connectivity index (χ0) is 14.9. The second-order valence-corrected chi connectivity index (χ2v) is 7.34. The lowest BCUT2D eigenvalue weighted by Gasteiger charge is -2.40. The van der Waals surface area contributed by atoms with Crippen LogP contribution in [0.25, 0.3) is 10.2 Å². The standard InChI is InChI=1S/C17H23N3OS/c1-13-2-3-15-16(12-13)22-17(18-15)20-6-4-14(5-7-20)19-8-10-21-11-9-19/h2-3,12,14H,4-11H2,1H3. The van der Waals surface area contributed by atoms with Gasteiger partial charge in [-0.05, 0) is 37.5 Å². The van der Waals surface area contributed by atoms with Crippen LogP contribution in [0.5, 0.6) is 0 Å². The fourth-order valence-electron chi connectivity index (χ4n) is 3.52. The number of fused-ring (bicyclic) bond motifs is 1. The zero-order valence-electron chi connectivity index (χ0n) is 13.1. The highest BCUT2D eigenvalue weighted by Gasteiger charge is 2.26. The van der Waals surface area contributed by atoms with E-state index in [1.54, 1.807) is 0 Å². The quantitative estimate of drug-likeness (QED) is 0.851. The molecular formula is C17H23N3OS. The van der Waals surface area contributed by atoms with Crippen LogP contribution in [0.1, 0.15) is 18.4 Å². The van der Waals surface area contributed by atoms with E-state index in [1.807, 2.05) is 11.3 Å². The molecule has 4 nitrogen and oxygen atoms in total. The third kappa shape index (κ3) is 2.85. The van der Waals surface area contributed by atoms with Crippen molar-refractivity contribution in [2.75, 3.05) is 44.3 Å². The second-order valence-electron chi connectivity index (χ2n) is 6.33. The molecule has 0 aliphatic carbocycles. The van der Waals surface area contributed by atoms with E-state index in [-0.39, 0.29) is 0 Å². The first-order valence-corrected chi connectivity index (χ1v) is 9.05. The van der Waals surface area contributed by atoms with Crippen LogP contribution in [0.15, 0.2) is 18.2 Å². The van der Waals surface area contributed by atoms with Gasteiger partial charge in [0, 0.05) is 32.2 Å². The van der Waals surface area contributed by atoms with Crippen molar-refractivity contribution in [3.63, 3.8) is 0 Å². The number of nitrogens with zero attached hydrogens (tertiary/aromatic N) is 3. The Bertz CT molecular complexity index is 642. The number of morpholine rings is 1. The van der Waals surface area contributed by atoms with Crippen LogP contribution in [0.2, 0.25) is 0 Å². The lowest BCUT2D eigenvalue weighted by atomic mass is 10.0. The summed E-state index contributed by atoms with van der Waals surface area (Å²) >= 11 is 1.84. The van der Waals surface area contributed by atoms with Gasteiger partial charge in [0.1, 0.15) is 0 Å². The van der Waals surface area contributed by atoms with Crippen molar-refractivity contribution in [3.05, 3.63) is 23.8 Å². The van der Waals surface area contributed by atoms with E-state index in [0.29, 0.717) is 0 Å². The molecule has 0 saturated carbocycles. The highest BCUT2D eigenvalue weighted by atomic mass is 32.1. The predicted octanol–water partition coefficient (Wildman–Crippen LogP) is 2.91. The minimum atomic E-state index is 0.733. The maximum absolute atomic E-state index is 5.46. The molecule has 2 aliphatic heterocycles. The number of rotatable bonds is 2. The predicted molar refractivity (Wildman–Crippen MR) is 92.0 cm³/mol. The van der Waals surface area contributed by atoms with Gasteiger partial charge in [-0.3, -0.25) is 4.90 Å². The Labute approximate surface area is 135 Å². The van der Waals surface area contributed by atoms with Crippen molar-refractivity contribution >= 4 is 26.7 Å². The maximum atomic E-state index is 5.46. The lowest BCUT2D eigenvalue weighted by molar-refractivity contribution is 0.0115. The summed E-state index contributed by atoms with van der Waals surface area (Å²) in [6.45, 7) is 8.40. The van der Waals surface area contributed by atoms with Crippen LogP contribution in [-0.4, -0.2) is 55.3 Å². The highest BCUT2D eigenvalue weighted by Crippen LogP contribution is 2.31. The number of hydrogen-bond donors (Lipinski definition) is 0. The smallest absolute Gasteiger partial charge is 0.186 e. The first-order chi connectivity index (χ1) is 10.8. The van der Waals surface area contributed by atoms with Crippen LogP contribution in [0, 0.1) is 6.92 Å². The minimum Gasteiger partial charge on any atom is -0.379 e. The van der Waals surface area contributed by atoms with Crippen molar-refractivity contribution < 1.29 is 4.74 Å². The normalized spacial score (nSPS) is 21.6. The molecule has 22 heavy (non-hydrogen) atoms. The number of aromatic nitrogens is 1. The molecule has 2 saturated heterocycles. The van der Waals surface area contributed by atoms with Crippen molar-refractivity contribution in [1.29, 1.82) is 0 Å². The van der Waals surface area contributed by atoms with Crippen molar-refractivity contribution in [2.45, 2.75) is 25.8 Å². The maximum Gasteiger partial charge on any atom is 0.186 e. The molecule has 0 atom stereocenters. The Kier molecular flexibility index (Phi) is 4.03. The summed E-state index contributed by atoms with van der Waals surface area (Å²) in [6.07, 6.45) is 2.49. The molecule has 3 heterocycles. The molecule has 2 aromatic rings. The fraction of sp³-hybridized carbons (Fsp3) is 0.588. The highest BCUT2D eigenvalue weighted by molar-refractivity contribution is 7.22. The van der Waals surface area contributed by atoms with Gasteiger partial charge in [0.15, 0.2) is 5.13 Å². The average Bonchev–Trinajstić information content (AvgIpc) is 2.99. The molecule has 1 aromatic carbocycles. The molecule has 0 bridgehead atoms. The van der Waals surface area contributed by atoms with Crippen LogP contribution < -0.4 is 4.90 Å². The van der Waals surface area contributed by atoms with Crippen molar-refractivity contribution in [2.24, 2.45) is 0 Å². The third-order valence-corrected chi connectivity index (χ3v) is 5.91. The van der Waals surface area contributed by atoms with Crippen molar-refractivity contribution in [1.82, 2.24) is 9.88 Å². The summed E-state index contributed by atoms with van der Waals surface area (Å²) in [4.78, 5) is 9.91. The molecule has 0 spiro atoms. The van der Waals surface area contributed by atoms with Gasteiger partial charge in [0.25, 0.3) is 0 Å². The molecule has 1 aromatic heterocycles. The largest absolute Gasteiger partial charge is 0.379 e. The third-order valence-electron chi connectivity index (χ3n) is 4.83. The number of anilines is 1. The second kappa shape index (κ2) is 6.14. The number of ether oxygens (including phenoxy) is 1. The van der Waals surface area contributed by atoms with E-state index < -0.39 is 0 Å². The average molecular weight is 317 g/mol. The van der Waals surface area contributed by atoms with Gasteiger partial charge >= 0.3 is 0 Å². The number of benzene rings is 1. The van der Waals surface area contributed by atoms with E-state index in [9.17, 15) is 0 Å². The van der Waals surface area contributed by atoms with Gasteiger partial charge in [-0.2, -0.15) is 0 Å². The van der Waals surface area contributed by atoms with Gasteiger partial charge in [-0.15, -0.1) is 0 Å². The molecular weight excluding hydrogens is 294 g/mol. The molecule has 0 N–H and O–H groups in total. The summed E-state index contributed by atoms with van der Waals surface area (Å²) in [5, 5.41) is 1.20. The van der Waals surface area contributed by atoms with Crippen LogP contribution in [0.4, 0.5) is 5.13 Å². The van der Waals surface area contributed by atoms with E-state index in [1.165, 1.54) is 28.2 Å². The van der Waals surface area contributed by atoms with E-state index >= 15 is 0 Å². The summed E-state index contributed by atoms with van der Waals surface area (Å²) < 4.78 is 6.77. The first-order valence-electron chi connectivity index (χ1n) is 8.23. The van der Waals surface area contributed by atoms with Crippen LogP contribution in [-0.2, 0) is 4.74 Å². The molecule has 2 aliphatic rings. The van der Waals surface area contributed by atoms with Gasteiger partial charge in [-0.1, -0.05) is 17.4 Å². The van der Waals surface area contributed by atoms with Crippen molar-refractivity contribution in [3.8, 4) is 0 Å². The molecule has 0 amide bonds. The van der Waals surface area contributed by atoms with Crippen LogP contribution in [0.3, 0.4) is 0 Å². The minimum absolute atomic E-state index is 0.733. The van der Waals surface area contributed by atoms with Gasteiger partial charge in [-0.25, -0.2) is 4.98 Å². The Morgan fingerprint density at radius 1 is 1.14 bits per heavy atom. The number of hydrogen-bond acceptors (Lipinski definition) is 5. The SMILES string of the molecule is Cc1ccc2nc(N3CCC(N4CCOCC4)CC3)sc2c1. The van der Waals surface area contributed by atoms with Gasteiger partial charge in [0.05, 0.1) is 23.4 Å². The molecule has 5 heteroatoms. The van der Waals surface area contributed by atoms with Gasteiger partial charge < -0.3 is 9.64 Å². The molecule has 0 unspecified atom stereocenters. The summed E-state index contributed by atoms with van der Waals surface area (Å²) in [5.74, 6) is 0. The Morgan fingerprint density at radius 3 is 2.68 bits per heavy atom.